The van der Waals surface area contributed by atoms with E-state index < -0.39 is 0 Å². The van der Waals surface area contributed by atoms with Crippen molar-refractivity contribution in [1.29, 1.82) is 0 Å². The quantitative estimate of drug-likeness (QED) is 0.350. The molecule has 2 aromatic heterocycles. The van der Waals surface area contributed by atoms with Crippen LogP contribution in [0.25, 0.3) is 22.0 Å². The summed E-state index contributed by atoms with van der Waals surface area (Å²) in [5, 5.41) is 1.85. The highest BCUT2D eigenvalue weighted by Crippen LogP contribution is 2.24. The predicted octanol–water partition coefficient (Wildman–Crippen LogP) is 6.50. The summed E-state index contributed by atoms with van der Waals surface area (Å²) in [5.74, 6) is 7.39. The molecular formula is C27H24ClN3. The van der Waals surface area contributed by atoms with Crippen LogP contribution >= 0.6 is 11.6 Å². The zero-order chi connectivity index (χ0) is 22.0. The van der Waals surface area contributed by atoms with Crippen LogP contribution in [0.2, 0.25) is 5.02 Å². The molecule has 0 unspecified atom stereocenters. The lowest BCUT2D eigenvalue weighted by atomic mass is 10.1. The first kappa shape index (κ1) is 20.9. The van der Waals surface area contributed by atoms with Crippen molar-refractivity contribution in [1.82, 2.24) is 9.97 Å². The fourth-order valence-corrected chi connectivity index (χ4v) is 3.44. The van der Waals surface area contributed by atoms with Gasteiger partial charge in [-0.3, -0.25) is 0 Å². The number of rotatable bonds is 3. The van der Waals surface area contributed by atoms with Crippen molar-refractivity contribution >= 4 is 28.3 Å². The lowest BCUT2D eigenvalue weighted by Crippen LogP contribution is -2.26. The Morgan fingerprint density at radius 3 is 2.32 bits per heavy atom. The summed E-state index contributed by atoms with van der Waals surface area (Å²) < 4.78 is 0. The highest BCUT2D eigenvalue weighted by molar-refractivity contribution is 6.30. The molecule has 0 atom stereocenters. The number of aryl methyl sites for hydroxylation is 1. The first-order chi connectivity index (χ1) is 14.9. The molecule has 4 heteroatoms. The summed E-state index contributed by atoms with van der Waals surface area (Å²) in [6.45, 7) is 6.45. The standard InChI is InChI=1S/C27H24ClN3/c1-18(2)31(4)27-15-19(3)25-16-20(6-14-26(25)30-27)5-12-24-13-9-22(17-29-24)21-7-10-23(28)11-8-21/h6-11,13-18H,1-4H3. The molecule has 0 amide bonds. The van der Waals surface area contributed by atoms with Crippen LogP contribution < -0.4 is 4.90 Å². The first-order valence-electron chi connectivity index (χ1n) is 10.3. The maximum Gasteiger partial charge on any atom is 0.129 e. The Morgan fingerprint density at radius 2 is 1.65 bits per heavy atom. The highest BCUT2D eigenvalue weighted by Gasteiger charge is 2.09. The number of hydrogen-bond acceptors (Lipinski definition) is 3. The van der Waals surface area contributed by atoms with E-state index >= 15 is 0 Å². The van der Waals surface area contributed by atoms with Crippen LogP contribution in [0.5, 0.6) is 0 Å². The van der Waals surface area contributed by atoms with Gasteiger partial charge in [0.15, 0.2) is 0 Å². The molecule has 0 aliphatic heterocycles. The number of hydrogen-bond donors (Lipinski definition) is 0. The second kappa shape index (κ2) is 8.79. The van der Waals surface area contributed by atoms with Crippen molar-refractivity contribution < 1.29 is 0 Å². The summed E-state index contributed by atoms with van der Waals surface area (Å²) in [5.41, 5.74) is 5.99. The van der Waals surface area contributed by atoms with Gasteiger partial charge in [-0.2, -0.15) is 0 Å². The summed E-state index contributed by atoms with van der Waals surface area (Å²) in [4.78, 5) is 11.5. The number of fused-ring (bicyclic) bond motifs is 1. The topological polar surface area (TPSA) is 29.0 Å². The molecule has 0 aliphatic rings. The molecule has 0 saturated carbocycles. The third kappa shape index (κ3) is 4.71. The molecule has 0 N–H and O–H groups in total. The van der Waals surface area contributed by atoms with Gasteiger partial charge in [-0.05, 0) is 80.3 Å². The van der Waals surface area contributed by atoms with E-state index in [1.807, 2.05) is 54.7 Å². The van der Waals surface area contributed by atoms with Crippen LogP contribution in [-0.4, -0.2) is 23.1 Å². The number of anilines is 1. The zero-order valence-electron chi connectivity index (χ0n) is 18.1. The molecule has 3 nitrogen and oxygen atoms in total. The van der Waals surface area contributed by atoms with Gasteiger partial charge < -0.3 is 4.90 Å². The van der Waals surface area contributed by atoms with E-state index in [1.165, 1.54) is 5.56 Å². The van der Waals surface area contributed by atoms with Crippen LogP contribution in [0.3, 0.4) is 0 Å². The first-order valence-corrected chi connectivity index (χ1v) is 10.7. The van der Waals surface area contributed by atoms with Crippen molar-refractivity contribution in [2.24, 2.45) is 0 Å². The minimum Gasteiger partial charge on any atom is -0.357 e. The van der Waals surface area contributed by atoms with Crippen molar-refractivity contribution in [2.45, 2.75) is 26.8 Å². The summed E-state index contributed by atoms with van der Waals surface area (Å²) in [7, 11) is 2.07. The maximum atomic E-state index is 5.96. The van der Waals surface area contributed by atoms with E-state index in [1.54, 1.807) is 0 Å². The lowest BCUT2D eigenvalue weighted by molar-refractivity contribution is 0.745. The molecule has 154 valence electrons. The largest absolute Gasteiger partial charge is 0.357 e. The molecular weight excluding hydrogens is 402 g/mol. The number of nitrogens with zero attached hydrogens (tertiary/aromatic N) is 3. The number of pyridine rings is 2. The second-order valence-corrected chi connectivity index (χ2v) is 8.36. The van der Waals surface area contributed by atoms with Gasteiger partial charge in [-0.15, -0.1) is 0 Å². The fraction of sp³-hybridized carbons (Fsp3) is 0.185. The van der Waals surface area contributed by atoms with E-state index in [0.29, 0.717) is 6.04 Å². The molecule has 0 bridgehead atoms. The predicted molar refractivity (Wildman–Crippen MR) is 131 cm³/mol. The van der Waals surface area contributed by atoms with Crippen molar-refractivity contribution in [3.63, 3.8) is 0 Å². The van der Waals surface area contributed by atoms with E-state index in [0.717, 1.165) is 44.1 Å². The van der Waals surface area contributed by atoms with Gasteiger partial charge in [0, 0.05) is 40.8 Å². The van der Waals surface area contributed by atoms with E-state index in [4.69, 9.17) is 16.6 Å². The SMILES string of the molecule is Cc1cc(N(C)C(C)C)nc2ccc(C#Cc3ccc(-c4ccc(Cl)cc4)cn3)cc12. The van der Waals surface area contributed by atoms with Crippen molar-refractivity contribution in [3.05, 3.63) is 88.7 Å². The van der Waals surface area contributed by atoms with Gasteiger partial charge >= 0.3 is 0 Å². The molecule has 2 aromatic carbocycles. The molecule has 4 rings (SSSR count). The number of aromatic nitrogens is 2. The van der Waals surface area contributed by atoms with Gasteiger partial charge in [0.2, 0.25) is 0 Å². The minimum atomic E-state index is 0.396. The average Bonchev–Trinajstić information content (AvgIpc) is 2.78. The van der Waals surface area contributed by atoms with Gasteiger partial charge in [-0.25, -0.2) is 9.97 Å². The minimum absolute atomic E-state index is 0.396. The van der Waals surface area contributed by atoms with Crippen molar-refractivity contribution in [3.8, 4) is 23.0 Å². The Balaban J connectivity index is 1.58. The van der Waals surface area contributed by atoms with E-state index in [2.05, 4.69) is 61.7 Å². The van der Waals surface area contributed by atoms with E-state index in [-0.39, 0.29) is 0 Å². The van der Waals surface area contributed by atoms with Crippen LogP contribution in [0.1, 0.15) is 30.7 Å². The number of benzene rings is 2. The van der Waals surface area contributed by atoms with Crippen LogP contribution in [0, 0.1) is 18.8 Å². The highest BCUT2D eigenvalue weighted by atomic mass is 35.5. The Kier molecular flexibility index (Phi) is 5.93. The van der Waals surface area contributed by atoms with Gasteiger partial charge in [0.1, 0.15) is 11.5 Å². The molecule has 2 heterocycles. The molecule has 0 spiro atoms. The third-order valence-electron chi connectivity index (χ3n) is 5.41. The number of halogens is 1. The Hall–Kier alpha value is -3.35. The molecule has 0 saturated heterocycles. The molecule has 4 aromatic rings. The second-order valence-electron chi connectivity index (χ2n) is 7.92. The molecule has 0 aliphatic carbocycles. The summed E-state index contributed by atoms with van der Waals surface area (Å²) in [6.07, 6.45) is 1.84. The van der Waals surface area contributed by atoms with Crippen LogP contribution in [0.15, 0.2) is 66.9 Å². The smallest absolute Gasteiger partial charge is 0.129 e. The normalized spacial score (nSPS) is 10.8. The van der Waals surface area contributed by atoms with Crippen LogP contribution in [0.4, 0.5) is 5.82 Å². The third-order valence-corrected chi connectivity index (χ3v) is 5.67. The monoisotopic (exact) mass is 425 g/mol. The Bertz CT molecular complexity index is 1280. The van der Waals surface area contributed by atoms with Gasteiger partial charge in [0.05, 0.1) is 5.52 Å². The van der Waals surface area contributed by atoms with Gasteiger partial charge in [0.25, 0.3) is 0 Å². The summed E-state index contributed by atoms with van der Waals surface area (Å²) in [6, 6.07) is 20.4. The fourth-order valence-electron chi connectivity index (χ4n) is 3.32. The van der Waals surface area contributed by atoms with Crippen molar-refractivity contribution in [2.75, 3.05) is 11.9 Å². The Morgan fingerprint density at radius 1 is 0.903 bits per heavy atom. The average molecular weight is 426 g/mol. The van der Waals surface area contributed by atoms with Crippen LogP contribution in [-0.2, 0) is 0 Å². The lowest BCUT2D eigenvalue weighted by Gasteiger charge is -2.23. The molecule has 0 fully saturated rings. The summed E-state index contributed by atoms with van der Waals surface area (Å²) >= 11 is 5.96. The van der Waals surface area contributed by atoms with E-state index in [9.17, 15) is 0 Å². The molecule has 0 radical (unpaired) electrons. The maximum absolute atomic E-state index is 5.96. The zero-order valence-corrected chi connectivity index (χ0v) is 18.9. The Labute approximate surface area is 188 Å². The molecule has 31 heavy (non-hydrogen) atoms. The van der Waals surface area contributed by atoms with Gasteiger partial charge in [-0.1, -0.05) is 35.7 Å².